The number of guanidine groups is 1. The van der Waals surface area contributed by atoms with E-state index >= 15 is 0 Å². The summed E-state index contributed by atoms with van der Waals surface area (Å²) in [6.45, 7) is 13.8. The number of ether oxygens (including phenoxy) is 2. The maximum absolute atomic E-state index is 12.6. The zero-order valence-electron chi connectivity index (χ0n) is 19.5. The van der Waals surface area contributed by atoms with Gasteiger partial charge in [0.2, 0.25) is 0 Å². The van der Waals surface area contributed by atoms with Crippen molar-refractivity contribution in [3.8, 4) is 0 Å². The molecule has 3 unspecified atom stereocenters. The smallest absolute Gasteiger partial charge is 0.410 e. The van der Waals surface area contributed by atoms with Gasteiger partial charge in [-0.3, -0.25) is 4.99 Å². The molecule has 0 spiro atoms. The Hall–Kier alpha value is -1.50. The minimum Gasteiger partial charge on any atom is -0.444 e. The second-order valence-corrected chi connectivity index (χ2v) is 9.61. The largest absolute Gasteiger partial charge is 0.444 e. The van der Waals surface area contributed by atoms with E-state index in [4.69, 9.17) is 9.47 Å². The first-order valence-corrected chi connectivity index (χ1v) is 11.2. The Morgan fingerprint density at radius 3 is 2.31 bits per heavy atom. The van der Waals surface area contributed by atoms with Crippen LogP contribution in [-0.4, -0.2) is 67.0 Å². The summed E-state index contributed by atoms with van der Waals surface area (Å²) < 4.78 is 11.5. The molecule has 2 aliphatic heterocycles. The lowest BCUT2D eigenvalue weighted by Gasteiger charge is -2.40. The number of rotatable bonds is 7. The molecule has 0 aromatic carbocycles. The van der Waals surface area contributed by atoms with Crippen LogP contribution >= 0.6 is 0 Å². The van der Waals surface area contributed by atoms with Crippen LogP contribution < -0.4 is 10.6 Å². The maximum atomic E-state index is 12.6. The number of amides is 1. The van der Waals surface area contributed by atoms with Crippen molar-refractivity contribution in [2.24, 2.45) is 10.9 Å². The topological polar surface area (TPSA) is 75.2 Å². The Bertz CT molecular complexity index is 545. The number of aliphatic imine (C=N–C) groups is 1. The van der Waals surface area contributed by atoms with Crippen LogP contribution in [0.15, 0.2) is 4.99 Å². The SMILES string of the molecule is CCOC(CCNC(=NC)NC1CC2CCC(C1)N2C(=O)OC(C)(C)C)C(C)C. The molecule has 0 aliphatic carbocycles. The molecule has 2 heterocycles. The number of fused-ring (bicyclic) bond motifs is 2. The standard InChI is InChI=1S/C22H42N4O3/c1-8-28-19(15(2)3)11-12-24-20(23-7)25-16-13-17-9-10-18(14-16)26(17)21(27)29-22(4,5)6/h15-19H,8-14H2,1-7H3,(H2,23,24,25). The predicted octanol–water partition coefficient (Wildman–Crippen LogP) is 3.53. The van der Waals surface area contributed by atoms with E-state index < -0.39 is 5.60 Å². The second-order valence-electron chi connectivity index (χ2n) is 9.61. The average molecular weight is 411 g/mol. The molecule has 7 heteroatoms. The summed E-state index contributed by atoms with van der Waals surface area (Å²) in [4.78, 5) is 19.0. The summed E-state index contributed by atoms with van der Waals surface area (Å²) in [7, 11) is 1.81. The molecule has 2 saturated heterocycles. The van der Waals surface area contributed by atoms with E-state index in [0.29, 0.717) is 12.0 Å². The molecule has 3 atom stereocenters. The molecule has 0 radical (unpaired) electrons. The lowest BCUT2D eigenvalue weighted by atomic mass is 9.98. The van der Waals surface area contributed by atoms with E-state index in [2.05, 4.69) is 29.5 Å². The van der Waals surface area contributed by atoms with Gasteiger partial charge >= 0.3 is 6.09 Å². The molecule has 168 valence electrons. The van der Waals surface area contributed by atoms with Crippen molar-refractivity contribution < 1.29 is 14.3 Å². The quantitative estimate of drug-likeness (QED) is 0.496. The van der Waals surface area contributed by atoms with Crippen LogP contribution in [0.2, 0.25) is 0 Å². The minimum atomic E-state index is -0.451. The van der Waals surface area contributed by atoms with Crippen LogP contribution in [0.5, 0.6) is 0 Å². The fraction of sp³-hybridized carbons (Fsp3) is 0.909. The third-order valence-corrected chi connectivity index (χ3v) is 5.75. The van der Waals surface area contributed by atoms with Gasteiger partial charge in [-0.1, -0.05) is 13.8 Å². The molecule has 0 aromatic rings. The number of hydrogen-bond acceptors (Lipinski definition) is 4. The molecule has 7 nitrogen and oxygen atoms in total. The molecule has 1 amide bonds. The van der Waals surface area contributed by atoms with Crippen molar-refractivity contribution in [2.75, 3.05) is 20.2 Å². The molecule has 2 fully saturated rings. The third-order valence-electron chi connectivity index (χ3n) is 5.75. The Balaban J connectivity index is 1.83. The molecule has 0 saturated carbocycles. The summed E-state index contributed by atoms with van der Waals surface area (Å²) in [5, 5.41) is 7.00. The number of carbonyl (C=O) groups excluding carboxylic acids is 1. The number of hydrogen-bond donors (Lipinski definition) is 2. The van der Waals surface area contributed by atoms with E-state index in [9.17, 15) is 4.79 Å². The van der Waals surface area contributed by atoms with E-state index in [1.54, 1.807) is 0 Å². The van der Waals surface area contributed by atoms with Gasteiger partial charge in [0, 0.05) is 38.3 Å². The lowest BCUT2D eigenvalue weighted by molar-refractivity contribution is 0.00545. The fourth-order valence-corrected chi connectivity index (χ4v) is 4.45. The van der Waals surface area contributed by atoms with Gasteiger partial charge in [-0.25, -0.2) is 4.79 Å². The molecule has 2 rings (SSSR count). The first kappa shape index (κ1) is 23.8. The van der Waals surface area contributed by atoms with Crippen LogP contribution in [0.1, 0.15) is 73.6 Å². The van der Waals surface area contributed by atoms with Crippen molar-refractivity contribution in [3.05, 3.63) is 0 Å². The van der Waals surface area contributed by atoms with Crippen LogP contribution in [-0.2, 0) is 9.47 Å². The van der Waals surface area contributed by atoms with Gasteiger partial charge in [-0.05, 0) is 65.7 Å². The van der Waals surface area contributed by atoms with E-state index in [-0.39, 0.29) is 24.3 Å². The van der Waals surface area contributed by atoms with Crippen molar-refractivity contribution in [2.45, 2.75) is 103 Å². The van der Waals surface area contributed by atoms with Gasteiger partial charge in [0.25, 0.3) is 0 Å². The predicted molar refractivity (Wildman–Crippen MR) is 117 cm³/mol. The van der Waals surface area contributed by atoms with Crippen LogP contribution in [0.25, 0.3) is 0 Å². The summed E-state index contributed by atoms with van der Waals surface area (Å²) in [6.07, 6.45) is 5.03. The molecular weight excluding hydrogens is 368 g/mol. The highest BCUT2D eigenvalue weighted by Gasteiger charge is 2.45. The van der Waals surface area contributed by atoms with Crippen LogP contribution in [0.3, 0.4) is 0 Å². The highest BCUT2D eigenvalue weighted by molar-refractivity contribution is 5.80. The van der Waals surface area contributed by atoms with Gasteiger partial charge in [0.05, 0.1) is 6.10 Å². The summed E-state index contributed by atoms with van der Waals surface area (Å²) in [5.41, 5.74) is -0.451. The van der Waals surface area contributed by atoms with E-state index in [0.717, 1.165) is 51.2 Å². The molecule has 0 aromatic heterocycles. The van der Waals surface area contributed by atoms with Crippen LogP contribution in [0, 0.1) is 5.92 Å². The van der Waals surface area contributed by atoms with E-state index in [1.807, 2.05) is 39.6 Å². The van der Waals surface area contributed by atoms with Crippen molar-refractivity contribution in [1.82, 2.24) is 15.5 Å². The number of nitrogens with one attached hydrogen (secondary N) is 2. The van der Waals surface area contributed by atoms with Gasteiger partial charge in [-0.2, -0.15) is 0 Å². The summed E-state index contributed by atoms with van der Waals surface area (Å²) in [6, 6.07) is 0.829. The monoisotopic (exact) mass is 410 g/mol. The Morgan fingerprint density at radius 2 is 1.83 bits per heavy atom. The molecule has 2 bridgehead atoms. The van der Waals surface area contributed by atoms with Gasteiger partial charge < -0.3 is 25.0 Å². The van der Waals surface area contributed by atoms with Crippen LogP contribution in [0.4, 0.5) is 4.79 Å². The summed E-state index contributed by atoms with van der Waals surface area (Å²) >= 11 is 0. The maximum Gasteiger partial charge on any atom is 0.410 e. The summed E-state index contributed by atoms with van der Waals surface area (Å²) in [5.74, 6) is 1.33. The Kier molecular flexibility index (Phi) is 8.61. The third kappa shape index (κ3) is 7.05. The van der Waals surface area contributed by atoms with Crippen molar-refractivity contribution in [1.29, 1.82) is 0 Å². The van der Waals surface area contributed by atoms with Gasteiger partial charge in [0.15, 0.2) is 5.96 Å². The second kappa shape index (κ2) is 10.5. The first-order chi connectivity index (χ1) is 13.6. The van der Waals surface area contributed by atoms with Crippen molar-refractivity contribution >= 4 is 12.1 Å². The normalized spacial score (nSPS) is 25.9. The number of piperidine rings is 1. The number of nitrogens with zero attached hydrogens (tertiary/aromatic N) is 2. The Labute approximate surface area is 177 Å². The van der Waals surface area contributed by atoms with E-state index in [1.165, 1.54) is 0 Å². The molecule has 29 heavy (non-hydrogen) atoms. The highest BCUT2D eigenvalue weighted by atomic mass is 16.6. The van der Waals surface area contributed by atoms with Gasteiger partial charge in [-0.15, -0.1) is 0 Å². The first-order valence-electron chi connectivity index (χ1n) is 11.2. The molecular formula is C22H42N4O3. The highest BCUT2D eigenvalue weighted by Crippen LogP contribution is 2.36. The zero-order valence-corrected chi connectivity index (χ0v) is 19.5. The fourth-order valence-electron chi connectivity index (χ4n) is 4.45. The van der Waals surface area contributed by atoms with Gasteiger partial charge in [0.1, 0.15) is 5.60 Å². The number of carbonyl (C=O) groups is 1. The zero-order chi connectivity index (χ0) is 21.6. The average Bonchev–Trinajstić information content (AvgIpc) is 2.89. The van der Waals surface area contributed by atoms with Crippen molar-refractivity contribution in [3.63, 3.8) is 0 Å². The Morgan fingerprint density at radius 1 is 1.21 bits per heavy atom. The minimum absolute atomic E-state index is 0.165. The molecule has 2 aliphatic rings. The lowest BCUT2D eigenvalue weighted by Crippen LogP contribution is -2.55. The molecule has 2 N–H and O–H groups in total.